The Labute approximate surface area is 134 Å². The van der Waals surface area contributed by atoms with Crippen molar-refractivity contribution in [3.63, 3.8) is 0 Å². The van der Waals surface area contributed by atoms with Gasteiger partial charge in [0.25, 0.3) is 0 Å². The zero-order valence-electron chi connectivity index (χ0n) is 12.8. The largest absolute Gasteiger partial charge is 0.494 e. The summed E-state index contributed by atoms with van der Waals surface area (Å²) in [5, 5.41) is 5.72. The van der Waals surface area contributed by atoms with Gasteiger partial charge in [-0.2, -0.15) is 0 Å². The predicted molar refractivity (Wildman–Crippen MR) is 89.7 cm³/mol. The lowest BCUT2D eigenvalue weighted by molar-refractivity contribution is -0.114. The Balaban J connectivity index is 1.87. The first-order valence-corrected chi connectivity index (χ1v) is 7.25. The first-order chi connectivity index (χ1) is 11.1. The zero-order chi connectivity index (χ0) is 16.7. The second-order valence-electron chi connectivity index (χ2n) is 4.80. The van der Waals surface area contributed by atoms with Gasteiger partial charge in [0.1, 0.15) is 5.75 Å². The third-order valence-electron chi connectivity index (χ3n) is 3.05. The maximum Gasteiger partial charge on any atom is 0.248 e. The molecule has 0 spiro atoms. The molecule has 120 valence electrons. The molecule has 0 radical (unpaired) electrons. The van der Waals surface area contributed by atoms with Gasteiger partial charge in [-0.1, -0.05) is 6.07 Å². The van der Waals surface area contributed by atoms with E-state index in [1.54, 1.807) is 48.5 Å². The SMILES string of the molecule is CCOc1ccc(NC(=O)CNc2cccc(C(N)=O)c2)cc1. The Morgan fingerprint density at radius 3 is 2.48 bits per heavy atom. The molecular weight excluding hydrogens is 294 g/mol. The van der Waals surface area contributed by atoms with E-state index in [0.29, 0.717) is 23.5 Å². The van der Waals surface area contributed by atoms with Crippen LogP contribution in [0.5, 0.6) is 5.75 Å². The summed E-state index contributed by atoms with van der Waals surface area (Å²) in [7, 11) is 0. The molecule has 2 amide bonds. The molecule has 6 heteroatoms. The molecule has 0 saturated carbocycles. The number of hydrogen-bond acceptors (Lipinski definition) is 4. The number of amides is 2. The number of ether oxygens (including phenoxy) is 1. The summed E-state index contributed by atoms with van der Waals surface area (Å²) >= 11 is 0. The summed E-state index contributed by atoms with van der Waals surface area (Å²) in [6, 6.07) is 13.8. The van der Waals surface area contributed by atoms with Crippen LogP contribution in [-0.4, -0.2) is 25.0 Å². The molecule has 0 aliphatic carbocycles. The summed E-state index contributed by atoms with van der Waals surface area (Å²) in [5.41, 5.74) is 6.95. The number of hydrogen-bond donors (Lipinski definition) is 3. The van der Waals surface area contributed by atoms with Gasteiger partial charge in [-0.25, -0.2) is 0 Å². The topological polar surface area (TPSA) is 93.4 Å². The Hall–Kier alpha value is -3.02. The highest BCUT2D eigenvalue weighted by atomic mass is 16.5. The molecule has 0 aliphatic rings. The van der Waals surface area contributed by atoms with Crippen LogP contribution in [-0.2, 0) is 4.79 Å². The van der Waals surface area contributed by atoms with Gasteiger partial charge in [0.05, 0.1) is 13.2 Å². The molecule has 0 saturated heterocycles. The third kappa shape index (κ3) is 5.03. The van der Waals surface area contributed by atoms with Crippen LogP contribution in [0.2, 0.25) is 0 Å². The van der Waals surface area contributed by atoms with Crippen molar-refractivity contribution in [3.05, 3.63) is 54.1 Å². The lowest BCUT2D eigenvalue weighted by Crippen LogP contribution is -2.22. The summed E-state index contributed by atoms with van der Waals surface area (Å²) < 4.78 is 5.34. The van der Waals surface area contributed by atoms with Gasteiger partial charge in [-0.15, -0.1) is 0 Å². The minimum Gasteiger partial charge on any atom is -0.494 e. The molecule has 2 aromatic rings. The van der Waals surface area contributed by atoms with Crippen molar-refractivity contribution in [3.8, 4) is 5.75 Å². The quantitative estimate of drug-likeness (QED) is 0.730. The van der Waals surface area contributed by atoms with E-state index < -0.39 is 5.91 Å². The number of nitrogens with one attached hydrogen (secondary N) is 2. The lowest BCUT2D eigenvalue weighted by Gasteiger charge is -2.09. The molecule has 6 nitrogen and oxygen atoms in total. The average Bonchev–Trinajstić information content (AvgIpc) is 2.55. The lowest BCUT2D eigenvalue weighted by atomic mass is 10.2. The highest BCUT2D eigenvalue weighted by Crippen LogP contribution is 2.15. The molecule has 2 aromatic carbocycles. The Kier molecular flexibility index (Phi) is 5.57. The van der Waals surface area contributed by atoms with Crippen LogP contribution in [0.3, 0.4) is 0 Å². The van der Waals surface area contributed by atoms with Crippen molar-refractivity contribution in [2.75, 3.05) is 23.8 Å². The maximum atomic E-state index is 11.9. The highest BCUT2D eigenvalue weighted by molar-refractivity contribution is 5.95. The van der Waals surface area contributed by atoms with E-state index in [1.165, 1.54) is 0 Å². The van der Waals surface area contributed by atoms with E-state index in [1.807, 2.05) is 6.92 Å². The van der Waals surface area contributed by atoms with Gasteiger partial charge in [0.15, 0.2) is 0 Å². The number of nitrogens with two attached hydrogens (primary N) is 1. The molecule has 0 bridgehead atoms. The van der Waals surface area contributed by atoms with E-state index in [9.17, 15) is 9.59 Å². The first kappa shape index (κ1) is 16.4. The van der Waals surface area contributed by atoms with Crippen molar-refractivity contribution < 1.29 is 14.3 Å². The van der Waals surface area contributed by atoms with Crippen molar-refractivity contribution in [1.29, 1.82) is 0 Å². The monoisotopic (exact) mass is 313 g/mol. The van der Waals surface area contributed by atoms with E-state index in [0.717, 1.165) is 5.75 Å². The fourth-order valence-corrected chi connectivity index (χ4v) is 1.97. The molecule has 23 heavy (non-hydrogen) atoms. The molecule has 0 heterocycles. The second kappa shape index (κ2) is 7.84. The zero-order valence-corrected chi connectivity index (χ0v) is 12.8. The molecular formula is C17H19N3O3. The molecule has 0 unspecified atom stereocenters. The molecule has 4 N–H and O–H groups in total. The summed E-state index contributed by atoms with van der Waals surface area (Å²) in [4.78, 5) is 23.0. The average molecular weight is 313 g/mol. The van der Waals surface area contributed by atoms with Gasteiger partial charge in [-0.3, -0.25) is 9.59 Å². The van der Waals surface area contributed by atoms with Gasteiger partial charge in [-0.05, 0) is 49.4 Å². The van der Waals surface area contributed by atoms with Crippen LogP contribution in [0.25, 0.3) is 0 Å². The standard InChI is InChI=1S/C17H19N3O3/c1-2-23-15-8-6-13(7-9-15)20-16(21)11-19-14-5-3-4-12(10-14)17(18)22/h3-10,19H,2,11H2,1H3,(H2,18,22)(H,20,21). The van der Waals surface area contributed by atoms with E-state index in [2.05, 4.69) is 10.6 Å². The molecule has 2 rings (SSSR count). The fraction of sp³-hybridized carbons (Fsp3) is 0.176. The smallest absolute Gasteiger partial charge is 0.248 e. The van der Waals surface area contributed by atoms with Gasteiger partial charge in [0.2, 0.25) is 11.8 Å². The number of benzene rings is 2. The van der Waals surface area contributed by atoms with Crippen molar-refractivity contribution in [2.24, 2.45) is 5.73 Å². The van der Waals surface area contributed by atoms with E-state index in [-0.39, 0.29) is 12.5 Å². The summed E-state index contributed by atoms with van der Waals surface area (Å²) in [5.74, 6) is 0.0537. The molecule has 0 aliphatic heterocycles. The number of primary amides is 1. The Morgan fingerprint density at radius 2 is 1.83 bits per heavy atom. The Bertz CT molecular complexity index is 684. The molecule has 0 atom stereocenters. The number of anilines is 2. The summed E-state index contributed by atoms with van der Waals surface area (Å²) in [6.45, 7) is 2.59. The first-order valence-electron chi connectivity index (χ1n) is 7.25. The van der Waals surface area contributed by atoms with Crippen LogP contribution < -0.4 is 21.1 Å². The predicted octanol–water partition coefficient (Wildman–Crippen LogP) is 2.23. The second-order valence-corrected chi connectivity index (χ2v) is 4.80. The van der Waals surface area contributed by atoms with Crippen molar-refractivity contribution in [1.82, 2.24) is 0 Å². The van der Waals surface area contributed by atoms with Gasteiger partial charge < -0.3 is 21.1 Å². The minimum absolute atomic E-state index is 0.0788. The number of carbonyl (C=O) groups excluding carboxylic acids is 2. The maximum absolute atomic E-state index is 11.9. The normalized spacial score (nSPS) is 9.96. The number of carbonyl (C=O) groups is 2. The van der Waals surface area contributed by atoms with Crippen LogP contribution in [0.15, 0.2) is 48.5 Å². The fourth-order valence-electron chi connectivity index (χ4n) is 1.97. The van der Waals surface area contributed by atoms with Gasteiger partial charge >= 0.3 is 0 Å². The highest BCUT2D eigenvalue weighted by Gasteiger charge is 2.05. The van der Waals surface area contributed by atoms with Crippen molar-refractivity contribution in [2.45, 2.75) is 6.92 Å². The molecule has 0 fully saturated rings. The minimum atomic E-state index is -0.507. The number of rotatable bonds is 7. The van der Waals surface area contributed by atoms with E-state index >= 15 is 0 Å². The third-order valence-corrected chi connectivity index (χ3v) is 3.05. The van der Waals surface area contributed by atoms with E-state index in [4.69, 9.17) is 10.5 Å². The molecule has 0 aromatic heterocycles. The van der Waals surface area contributed by atoms with Crippen LogP contribution in [0.4, 0.5) is 11.4 Å². The Morgan fingerprint density at radius 1 is 1.09 bits per heavy atom. The van der Waals surface area contributed by atoms with Crippen LogP contribution >= 0.6 is 0 Å². The van der Waals surface area contributed by atoms with Crippen LogP contribution in [0.1, 0.15) is 17.3 Å². The van der Waals surface area contributed by atoms with Gasteiger partial charge in [0, 0.05) is 16.9 Å². The van der Waals surface area contributed by atoms with Crippen LogP contribution in [0, 0.1) is 0 Å². The van der Waals surface area contributed by atoms with Crippen molar-refractivity contribution >= 4 is 23.2 Å². The summed E-state index contributed by atoms with van der Waals surface area (Å²) in [6.07, 6.45) is 0.